The number of nitrogens with one attached hydrogen (secondary N) is 1. The van der Waals surface area contributed by atoms with Crippen LogP contribution in [0, 0.1) is 18.3 Å². The third kappa shape index (κ3) is 5.01. The van der Waals surface area contributed by atoms with E-state index < -0.39 is 0 Å². The summed E-state index contributed by atoms with van der Waals surface area (Å²) in [5.41, 5.74) is 0. The Labute approximate surface area is 101 Å². The number of nitrogens with zero attached hydrogens (tertiary/aromatic N) is 1. The fourth-order valence-electron chi connectivity index (χ4n) is 2.46. The summed E-state index contributed by atoms with van der Waals surface area (Å²) < 4.78 is 0. The number of hydrogen-bond acceptors (Lipinski definition) is 2. The van der Waals surface area contributed by atoms with E-state index in [-0.39, 0.29) is 0 Å². The molecule has 0 aliphatic carbocycles. The lowest BCUT2D eigenvalue weighted by Gasteiger charge is -2.34. The molecule has 92 valence electrons. The molecule has 16 heavy (non-hydrogen) atoms. The molecule has 1 aliphatic rings. The van der Waals surface area contributed by atoms with Gasteiger partial charge in [-0.3, -0.25) is 0 Å². The lowest BCUT2D eigenvalue weighted by atomic mass is 9.92. The Bertz CT molecular complexity index is 219. The Morgan fingerprint density at radius 1 is 1.50 bits per heavy atom. The van der Waals surface area contributed by atoms with E-state index in [0.717, 1.165) is 25.3 Å². The molecule has 0 amide bonds. The van der Waals surface area contributed by atoms with Crippen LogP contribution in [0.15, 0.2) is 0 Å². The minimum Gasteiger partial charge on any atom is -0.314 e. The van der Waals surface area contributed by atoms with E-state index in [1.807, 2.05) is 0 Å². The fraction of sp³-hybridized carbons (Fsp3) is 0.857. The molecule has 0 aromatic rings. The van der Waals surface area contributed by atoms with Crippen LogP contribution in [0.2, 0.25) is 0 Å². The van der Waals surface area contributed by atoms with Crippen molar-refractivity contribution in [2.45, 2.75) is 45.1 Å². The summed E-state index contributed by atoms with van der Waals surface area (Å²) in [4.78, 5) is 2.45. The normalized spacial score (nSPS) is 23.9. The maximum atomic E-state index is 5.23. The molecule has 1 rings (SSSR count). The summed E-state index contributed by atoms with van der Waals surface area (Å²) >= 11 is 0. The van der Waals surface area contributed by atoms with Gasteiger partial charge in [0.05, 0.1) is 0 Å². The predicted molar refractivity (Wildman–Crippen MR) is 70.4 cm³/mol. The van der Waals surface area contributed by atoms with Gasteiger partial charge >= 0.3 is 0 Å². The standard InChI is InChI=1S/C14H26N2/c1-4-5-6-7-10-15-13(2)14-9-8-11-16(3)12-14/h1,13-15H,5-12H2,2-3H3. The molecule has 0 aromatic carbocycles. The van der Waals surface area contributed by atoms with Crippen molar-refractivity contribution in [3.63, 3.8) is 0 Å². The minimum absolute atomic E-state index is 0.647. The van der Waals surface area contributed by atoms with Gasteiger partial charge < -0.3 is 10.2 Å². The molecule has 1 fully saturated rings. The zero-order valence-electron chi connectivity index (χ0n) is 10.8. The van der Waals surface area contributed by atoms with Gasteiger partial charge in [0.2, 0.25) is 0 Å². The van der Waals surface area contributed by atoms with Crippen molar-refractivity contribution >= 4 is 0 Å². The van der Waals surface area contributed by atoms with Crippen LogP contribution in [0.4, 0.5) is 0 Å². The molecule has 0 bridgehead atoms. The first-order valence-electron chi connectivity index (χ1n) is 6.59. The summed E-state index contributed by atoms with van der Waals surface area (Å²) in [6, 6.07) is 0.647. The lowest BCUT2D eigenvalue weighted by molar-refractivity contribution is 0.179. The molecular weight excluding hydrogens is 196 g/mol. The van der Waals surface area contributed by atoms with E-state index in [9.17, 15) is 0 Å². The Morgan fingerprint density at radius 3 is 3.00 bits per heavy atom. The van der Waals surface area contributed by atoms with Crippen molar-refractivity contribution in [3.05, 3.63) is 0 Å². The van der Waals surface area contributed by atoms with Crippen molar-refractivity contribution in [1.29, 1.82) is 0 Å². The predicted octanol–water partition coefficient (Wildman–Crippen LogP) is 2.11. The number of likely N-dealkylation sites (tertiary alicyclic amines) is 1. The minimum atomic E-state index is 0.647. The molecule has 2 nitrogen and oxygen atoms in total. The fourth-order valence-corrected chi connectivity index (χ4v) is 2.46. The van der Waals surface area contributed by atoms with E-state index in [1.54, 1.807) is 0 Å². The van der Waals surface area contributed by atoms with E-state index in [2.05, 4.69) is 30.1 Å². The van der Waals surface area contributed by atoms with Gasteiger partial charge in [-0.15, -0.1) is 12.3 Å². The van der Waals surface area contributed by atoms with Crippen molar-refractivity contribution in [1.82, 2.24) is 10.2 Å². The zero-order valence-corrected chi connectivity index (χ0v) is 10.8. The van der Waals surface area contributed by atoms with Crippen LogP contribution in [0.25, 0.3) is 0 Å². The molecule has 1 saturated heterocycles. The van der Waals surface area contributed by atoms with Crippen LogP contribution in [-0.4, -0.2) is 37.6 Å². The van der Waals surface area contributed by atoms with E-state index in [1.165, 1.54) is 32.4 Å². The van der Waals surface area contributed by atoms with Crippen molar-refractivity contribution in [2.75, 3.05) is 26.7 Å². The molecule has 1 N–H and O–H groups in total. The maximum Gasteiger partial charge on any atom is 0.00865 e. The number of piperidine rings is 1. The molecule has 0 aromatic heterocycles. The first-order chi connectivity index (χ1) is 7.74. The van der Waals surface area contributed by atoms with Crippen molar-refractivity contribution in [2.24, 2.45) is 5.92 Å². The molecule has 2 atom stereocenters. The Hall–Kier alpha value is -0.520. The summed E-state index contributed by atoms with van der Waals surface area (Å²) in [7, 11) is 2.23. The van der Waals surface area contributed by atoms with Crippen LogP contribution in [0.5, 0.6) is 0 Å². The van der Waals surface area contributed by atoms with Gasteiger partial charge in [-0.05, 0) is 58.7 Å². The Balaban J connectivity index is 2.09. The molecule has 1 aliphatic heterocycles. The van der Waals surface area contributed by atoms with Gasteiger partial charge in [0.25, 0.3) is 0 Å². The quantitative estimate of drug-likeness (QED) is 0.547. The van der Waals surface area contributed by atoms with Crippen LogP contribution < -0.4 is 5.32 Å². The third-order valence-electron chi connectivity index (χ3n) is 3.58. The van der Waals surface area contributed by atoms with Crippen LogP contribution in [-0.2, 0) is 0 Å². The highest BCUT2D eigenvalue weighted by Crippen LogP contribution is 2.18. The lowest BCUT2D eigenvalue weighted by Crippen LogP contribution is -2.43. The van der Waals surface area contributed by atoms with Gasteiger partial charge in [0.15, 0.2) is 0 Å². The van der Waals surface area contributed by atoms with Crippen LogP contribution in [0.3, 0.4) is 0 Å². The Morgan fingerprint density at radius 2 is 2.31 bits per heavy atom. The van der Waals surface area contributed by atoms with Crippen LogP contribution in [0.1, 0.15) is 39.0 Å². The molecule has 0 radical (unpaired) electrons. The molecule has 0 spiro atoms. The van der Waals surface area contributed by atoms with E-state index >= 15 is 0 Å². The highest BCUT2D eigenvalue weighted by Gasteiger charge is 2.21. The highest BCUT2D eigenvalue weighted by molar-refractivity contribution is 4.83. The number of unbranched alkanes of at least 4 members (excludes halogenated alkanes) is 2. The largest absolute Gasteiger partial charge is 0.314 e. The van der Waals surface area contributed by atoms with Gasteiger partial charge in [-0.1, -0.05) is 0 Å². The topological polar surface area (TPSA) is 15.3 Å². The monoisotopic (exact) mass is 222 g/mol. The Kier molecular flexibility index (Phi) is 6.52. The van der Waals surface area contributed by atoms with E-state index in [4.69, 9.17) is 6.42 Å². The molecular formula is C14H26N2. The van der Waals surface area contributed by atoms with Gasteiger partial charge in [-0.25, -0.2) is 0 Å². The SMILES string of the molecule is C#CCCCCNC(C)C1CCCN(C)C1. The zero-order chi connectivity index (χ0) is 11.8. The van der Waals surface area contributed by atoms with E-state index in [0.29, 0.717) is 6.04 Å². The average Bonchev–Trinajstić information content (AvgIpc) is 2.28. The maximum absolute atomic E-state index is 5.23. The van der Waals surface area contributed by atoms with Crippen LogP contribution >= 0.6 is 0 Å². The second-order valence-corrected chi connectivity index (χ2v) is 5.07. The number of hydrogen-bond donors (Lipinski definition) is 1. The van der Waals surface area contributed by atoms with Gasteiger partial charge in [-0.2, -0.15) is 0 Å². The highest BCUT2D eigenvalue weighted by atomic mass is 15.1. The smallest absolute Gasteiger partial charge is 0.00865 e. The summed E-state index contributed by atoms with van der Waals surface area (Å²) in [6.07, 6.45) is 11.2. The molecule has 0 saturated carbocycles. The van der Waals surface area contributed by atoms with Crippen molar-refractivity contribution in [3.8, 4) is 12.3 Å². The summed E-state index contributed by atoms with van der Waals surface area (Å²) in [5.74, 6) is 3.52. The second kappa shape index (κ2) is 7.70. The first kappa shape index (κ1) is 13.5. The van der Waals surface area contributed by atoms with Gasteiger partial charge in [0.1, 0.15) is 0 Å². The molecule has 2 heteroatoms. The average molecular weight is 222 g/mol. The number of terminal acetylenes is 1. The third-order valence-corrected chi connectivity index (χ3v) is 3.58. The van der Waals surface area contributed by atoms with Gasteiger partial charge in [0, 0.05) is 19.0 Å². The second-order valence-electron chi connectivity index (χ2n) is 5.07. The molecule has 2 unspecified atom stereocenters. The number of rotatable bonds is 6. The first-order valence-corrected chi connectivity index (χ1v) is 6.59. The summed E-state index contributed by atoms with van der Waals surface area (Å²) in [5, 5.41) is 3.64. The van der Waals surface area contributed by atoms with Crippen molar-refractivity contribution < 1.29 is 0 Å². The summed E-state index contributed by atoms with van der Waals surface area (Å²) in [6.45, 7) is 5.96. The molecule has 1 heterocycles.